The fourth-order valence-corrected chi connectivity index (χ4v) is 4.06. The molecule has 0 aromatic rings. The summed E-state index contributed by atoms with van der Waals surface area (Å²) in [7, 11) is 2.10. The van der Waals surface area contributed by atoms with E-state index in [1.54, 1.807) is 14.2 Å². The van der Waals surface area contributed by atoms with Gasteiger partial charge in [-0.1, -0.05) is 26.0 Å². The quantitative estimate of drug-likeness (QED) is 0.493. The summed E-state index contributed by atoms with van der Waals surface area (Å²) in [6.45, 7) is 4.48. The van der Waals surface area contributed by atoms with E-state index in [0.29, 0.717) is 17.4 Å². The predicted octanol–water partition coefficient (Wildman–Crippen LogP) is 1.71. The van der Waals surface area contributed by atoms with Crippen molar-refractivity contribution in [1.82, 2.24) is 0 Å². The zero-order chi connectivity index (χ0) is 9.14. The van der Waals surface area contributed by atoms with E-state index in [2.05, 4.69) is 26.0 Å². The van der Waals surface area contributed by atoms with E-state index in [9.17, 15) is 0 Å². The zero-order valence-electron chi connectivity index (χ0n) is 8.28. The van der Waals surface area contributed by atoms with Crippen LogP contribution in [0.15, 0.2) is 12.2 Å². The van der Waals surface area contributed by atoms with E-state index in [4.69, 9.17) is 8.85 Å². The van der Waals surface area contributed by atoms with Crippen LogP contribution in [0.1, 0.15) is 13.8 Å². The Bertz CT molecular complexity index is 154. The summed E-state index contributed by atoms with van der Waals surface area (Å²) in [5.41, 5.74) is 0.611. The van der Waals surface area contributed by atoms with Gasteiger partial charge in [0.25, 0.3) is 0 Å². The van der Waals surface area contributed by atoms with Crippen LogP contribution in [0.25, 0.3) is 0 Å². The first kappa shape index (κ1) is 9.96. The molecule has 2 nitrogen and oxygen atoms in total. The van der Waals surface area contributed by atoms with Crippen LogP contribution >= 0.6 is 0 Å². The minimum absolute atomic E-state index is 0.611. The third-order valence-corrected chi connectivity index (χ3v) is 5.48. The summed E-state index contributed by atoms with van der Waals surface area (Å²) in [6.07, 6.45) is 4.54. The fourth-order valence-electron chi connectivity index (χ4n) is 1.99. The van der Waals surface area contributed by atoms with Crippen LogP contribution in [0.3, 0.4) is 0 Å². The van der Waals surface area contributed by atoms with E-state index in [-0.39, 0.29) is 0 Å². The molecule has 0 radical (unpaired) electrons. The first-order valence-electron chi connectivity index (χ1n) is 4.44. The van der Waals surface area contributed by atoms with Crippen molar-refractivity contribution in [2.45, 2.75) is 19.4 Å². The molecular formula is C9H18O2Si. The molecule has 2 atom stereocenters. The van der Waals surface area contributed by atoms with E-state index in [0.717, 1.165) is 0 Å². The second-order valence-electron chi connectivity index (χ2n) is 3.52. The maximum Gasteiger partial charge on any atom is 0.325 e. The Labute approximate surface area is 76.4 Å². The van der Waals surface area contributed by atoms with Gasteiger partial charge < -0.3 is 8.85 Å². The van der Waals surface area contributed by atoms with Gasteiger partial charge in [-0.2, -0.15) is 0 Å². The van der Waals surface area contributed by atoms with Crippen LogP contribution in [0, 0.1) is 11.8 Å². The van der Waals surface area contributed by atoms with Crippen LogP contribution in [-0.2, 0) is 8.85 Å². The molecule has 0 heterocycles. The lowest BCUT2D eigenvalue weighted by Gasteiger charge is -2.25. The summed E-state index contributed by atoms with van der Waals surface area (Å²) < 4.78 is 10.8. The molecule has 0 aromatic heterocycles. The molecule has 1 rings (SSSR count). The maximum atomic E-state index is 5.40. The summed E-state index contributed by atoms with van der Waals surface area (Å²) >= 11 is 0. The topological polar surface area (TPSA) is 18.5 Å². The van der Waals surface area contributed by atoms with Crippen LogP contribution in [-0.4, -0.2) is 23.5 Å². The molecule has 2 unspecified atom stereocenters. The van der Waals surface area contributed by atoms with Crippen molar-refractivity contribution < 1.29 is 8.85 Å². The van der Waals surface area contributed by atoms with Crippen LogP contribution < -0.4 is 0 Å². The number of hydrogen-bond donors (Lipinski definition) is 0. The zero-order valence-corrected chi connectivity index (χ0v) is 9.44. The van der Waals surface area contributed by atoms with Crippen LogP contribution in [0.2, 0.25) is 5.54 Å². The van der Waals surface area contributed by atoms with Gasteiger partial charge in [-0.15, -0.1) is 0 Å². The van der Waals surface area contributed by atoms with Crippen molar-refractivity contribution in [3.8, 4) is 0 Å². The van der Waals surface area contributed by atoms with Crippen molar-refractivity contribution in [1.29, 1.82) is 0 Å². The summed E-state index contributed by atoms with van der Waals surface area (Å²) in [5, 5.41) is 0. The van der Waals surface area contributed by atoms with Gasteiger partial charge in [0.1, 0.15) is 0 Å². The van der Waals surface area contributed by atoms with Crippen LogP contribution in [0.4, 0.5) is 0 Å². The van der Waals surface area contributed by atoms with E-state index < -0.39 is 9.28 Å². The molecule has 3 heteroatoms. The fraction of sp³-hybridized carbons (Fsp3) is 0.778. The first-order chi connectivity index (χ1) is 5.70. The Kier molecular flexibility index (Phi) is 3.49. The molecule has 0 aliphatic heterocycles. The molecule has 0 amide bonds. The van der Waals surface area contributed by atoms with Crippen molar-refractivity contribution in [3.63, 3.8) is 0 Å². The number of hydrogen-bond acceptors (Lipinski definition) is 2. The molecule has 0 saturated heterocycles. The number of rotatable bonds is 3. The second kappa shape index (κ2) is 4.21. The monoisotopic (exact) mass is 186 g/mol. The highest BCUT2D eigenvalue weighted by Crippen LogP contribution is 2.38. The molecule has 70 valence electrons. The minimum atomic E-state index is -1.42. The second-order valence-corrected chi connectivity index (χ2v) is 5.97. The normalized spacial score (nSPS) is 34.9. The molecule has 0 spiro atoms. The summed E-state index contributed by atoms with van der Waals surface area (Å²) in [5.74, 6) is 1.24. The Hall–Kier alpha value is -0.123. The maximum absolute atomic E-state index is 5.40. The predicted molar refractivity (Wildman–Crippen MR) is 52.4 cm³/mol. The smallest absolute Gasteiger partial charge is 0.325 e. The van der Waals surface area contributed by atoms with Gasteiger partial charge in [0, 0.05) is 19.8 Å². The van der Waals surface area contributed by atoms with Gasteiger partial charge in [-0.05, 0) is 11.8 Å². The van der Waals surface area contributed by atoms with Gasteiger partial charge in [-0.25, -0.2) is 0 Å². The Morgan fingerprint density at radius 3 is 1.75 bits per heavy atom. The van der Waals surface area contributed by atoms with Gasteiger partial charge in [0.15, 0.2) is 0 Å². The molecule has 12 heavy (non-hydrogen) atoms. The van der Waals surface area contributed by atoms with Crippen molar-refractivity contribution >= 4 is 9.28 Å². The summed E-state index contributed by atoms with van der Waals surface area (Å²) in [6, 6.07) is 0. The van der Waals surface area contributed by atoms with E-state index in [1.165, 1.54) is 0 Å². The van der Waals surface area contributed by atoms with Gasteiger partial charge in [0.05, 0.1) is 0 Å². The third-order valence-electron chi connectivity index (χ3n) is 2.71. The van der Waals surface area contributed by atoms with Crippen molar-refractivity contribution in [2.75, 3.05) is 14.2 Å². The molecule has 0 bridgehead atoms. The molecule has 0 fully saturated rings. The highest BCUT2D eigenvalue weighted by molar-refractivity contribution is 6.46. The number of allylic oxidation sites excluding steroid dienone is 2. The minimum Gasteiger partial charge on any atom is -0.400 e. The SMILES string of the molecule is CO[SiH](OC)C1C(C)C=CC1C. The van der Waals surface area contributed by atoms with Crippen LogP contribution in [0.5, 0.6) is 0 Å². The highest BCUT2D eigenvalue weighted by atomic mass is 28.3. The molecule has 1 aliphatic rings. The molecule has 1 aliphatic carbocycles. The van der Waals surface area contributed by atoms with Gasteiger partial charge in [0.2, 0.25) is 0 Å². The van der Waals surface area contributed by atoms with Crippen molar-refractivity contribution in [2.24, 2.45) is 11.8 Å². The van der Waals surface area contributed by atoms with Gasteiger partial charge >= 0.3 is 9.28 Å². The molecule has 0 saturated carbocycles. The standard InChI is InChI=1S/C9H18O2Si/c1-7-5-6-8(2)9(7)12(10-3)11-4/h5-9,12H,1-4H3. The molecule has 0 N–H and O–H groups in total. The van der Waals surface area contributed by atoms with Crippen molar-refractivity contribution in [3.05, 3.63) is 12.2 Å². The largest absolute Gasteiger partial charge is 0.400 e. The lowest BCUT2D eigenvalue weighted by molar-refractivity contribution is 0.251. The average Bonchev–Trinajstić information content (AvgIpc) is 2.38. The molecule has 0 aromatic carbocycles. The van der Waals surface area contributed by atoms with E-state index >= 15 is 0 Å². The molecular weight excluding hydrogens is 168 g/mol. The summed E-state index contributed by atoms with van der Waals surface area (Å²) in [4.78, 5) is 0. The lowest BCUT2D eigenvalue weighted by atomic mass is 10.1. The average molecular weight is 186 g/mol. The third kappa shape index (κ3) is 1.79. The lowest BCUT2D eigenvalue weighted by Crippen LogP contribution is -2.31. The Balaban J connectivity index is 2.60. The Morgan fingerprint density at radius 2 is 1.42 bits per heavy atom. The van der Waals surface area contributed by atoms with E-state index in [1.807, 2.05) is 0 Å². The Morgan fingerprint density at radius 1 is 1.00 bits per heavy atom. The van der Waals surface area contributed by atoms with Gasteiger partial charge in [-0.3, -0.25) is 0 Å². The highest BCUT2D eigenvalue weighted by Gasteiger charge is 2.35. The first-order valence-corrected chi connectivity index (χ1v) is 6.05.